The molecule has 1 saturated heterocycles. The van der Waals surface area contributed by atoms with Crippen LogP contribution in [0.1, 0.15) is 11.1 Å². The smallest absolute Gasteiger partial charge is 0.373 e. The summed E-state index contributed by atoms with van der Waals surface area (Å²) < 4.78 is 37.5. The molecular formula is C14H16F3N3. The maximum absolute atomic E-state index is 12.5. The van der Waals surface area contributed by atoms with Crippen LogP contribution in [0.2, 0.25) is 0 Å². The van der Waals surface area contributed by atoms with E-state index >= 15 is 0 Å². The van der Waals surface area contributed by atoms with Crippen molar-refractivity contribution in [2.75, 3.05) is 26.2 Å². The highest BCUT2D eigenvalue weighted by molar-refractivity contribution is 5.67. The van der Waals surface area contributed by atoms with E-state index in [0.717, 1.165) is 38.3 Å². The summed E-state index contributed by atoms with van der Waals surface area (Å²) in [7, 11) is 0. The fourth-order valence-corrected chi connectivity index (χ4v) is 2.02. The van der Waals surface area contributed by atoms with Crippen LogP contribution in [0.5, 0.6) is 0 Å². The molecule has 1 aliphatic rings. The van der Waals surface area contributed by atoms with E-state index in [4.69, 9.17) is 0 Å². The molecule has 3 nitrogen and oxygen atoms in total. The Bertz CT molecular complexity index is 485. The molecule has 0 aromatic heterocycles. The number of alkyl halides is 3. The minimum Gasteiger partial charge on any atom is -0.373 e. The monoisotopic (exact) mass is 283 g/mol. The normalized spacial score (nSPS) is 17.1. The Balaban J connectivity index is 2.19. The molecule has 0 radical (unpaired) electrons. The minimum atomic E-state index is -4.32. The highest BCUT2D eigenvalue weighted by Crippen LogP contribution is 2.30. The summed E-state index contributed by atoms with van der Waals surface area (Å²) in [5, 5.41) is 3.23. The summed E-state index contributed by atoms with van der Waals surface area (Å²) in [5.41, 5.74) is 0.555. The molecule has 0 saturated carbocycles. The van der Waals surface area contributed by atoms with Gasteiger partial charge in [-0.3, -0.25) is 4.99 Å². The quantitative estimate of drug-likeness (QED) is 0.864. The number of nitrogens with one attached hydrogen (secondary N) is 1. The van der Waals surface area contributed by atoms with Crippen molar-refractivity contribution in [2.45, 2.75) is 6.18 Å². The molecule has 108 valence electrons. The van der Waals surface area contributed by atoms with Gasteiger partial charge in [0, 0.05) is 37.9 Å². The molecule has 0 bridgehead atoms. The Labute approximate surface area is 115 Å². The fourth-order valence-electron chi connectivity index (χ4n) is 2.02. The highest BCUT2D eigenvalue weighted by atomic mass is 19.4. The molecule has 6 heteroatoms. The summed E-state index contributed by atoms with van der Waals surface area (Å²) in [6, 6.07) is 4.97. The van der Waals surface area contributed by atoms with Gasteiger partial charge in [0.15, 0.2) is 0 Å². The molecule has 0 unspecified atom stereocenters. The fraction of sp³-hybridized carbons (Fsp3) is 0.357. The molecule has 20 heavy (non-hydrogen) atoms. The standard InChI is InChI=1S/C14H16F3N3/c1-18-13(10-20-8-6-19-7-9-20)11-2-4-12(5-3-11)14(15,16)17/h2-5,10,19H,1,6-9H2/b13-10-. The third-order valence-corrected chi connectivity index (χ3v) is 3.13. The Morgan fingerprint density at radius 1 is 1.20 bits per heavy atom. The first-order valence-corrected chi connectivity index (χ1v) is 6.31. The lowest BCUT2D eigenvalue weighted by molar-refractivity contribution is -0.137. The Hall–Kier alpha value is -1.82. The third kappa shape index (κ3) is 3.60. The largest absolute Gasteiger partial charge is 0.416 e. The SMILES string of the molecule is C=N/C(=C\N1CCNCC1)c1ccc(C(F)(F)F)cc1. The zero-order chi connectivity index (χ0) is 14.6. The number of halogens is 3. The van der Waals surface area contributed by atoms with Crippen LogP contribution in [0.3, 0.4) is 0 Å². The lowest BCUT2D eigenvalue weighted by Crippen LogP contribution is -2.40. The van der Waals surface area contributed by atoms with Crippen molar-refractivity contribution < 1.29 is 13.2 Å². The van der Waals surface area contributed by atoms with Gasteiger partial charge in [-0.1, -0.05) is 12.1 Å². The zero-order valence-electron chi connectivity index (χ0n) is 11.0. The Kier molecular flexibility index (Phi) is 4.44. The molecule has 1 aromatic carbocycles. The van der Waals surface area contributed by atoms with Crippen LogP contribution in [-0.2, 0) is 6.18 Å². The predicted molar refractivity (Wildman–Crippen MR) is 73.4 cm³/mol. The van der Waals surface area contributed by atoms with Crippen LogP contribution >= 0.6 is 0 Å². The second-order valence-corrected chi connectivity index (χ2v) is 4.53. The van der Waals surface area contributed by atoms with Gasteiger partial charge in [0.25, 0.3) is 0 Å². The van der Waals surface area contributed by atoms with E-state index in [1.165, 1.54) is 12.1 Å². The number of piperazine rings is 1. The van der Waals surface area contributed by atoms with Crippen LogP contribution in [0.15, 0.2) is 35.5 Å². The number of rotatable bonds is 3. The van der Waals surface area contributed by atoms with Crippen LogP contribution in [0, 0.1) is 0 Å². The van der Waals surface area contributed by atoms with Crippen molar-refractivity contribution in [1.82, 2.24) is 10.2 Å². The van der Waals surface area contributed by atoms with Crippen LogP contribution in [0.25, 0.3) is 5.70 Å². The Morgan fingerprint density at radius 2 is 1.80 bits per heavy atom. The summed E-state index contributed by atoms with van der Waals surface area (Å²) in [6.07, 6.45) is -2.47. The first kappa shape index (κ1) is 14.6. The van der Waals surface area contributed by atoms with Gasteiger partial charge in [0.1, 0.15) is 0 Å². The lowest BCUT2D eigenvalue weighted by atomic mass is 10.1. The Morgan fingerprint density at radius 3 is 2.30 bits per heavy atom. The van der Waals surface area contributed by atoms with Gasteiger partial charge in [0.2, 0.25) is 0 Å². The second kappa shape index (κ2) is 6.09. The molecule has 1 N–H and O–H groups in total. The average molecular weight is 283 g/mol. The number of benzene rings is 1. The van der Waals surface area contributed by atoms with Crippen molar-refractivity contribution in [1.29, 1.82) is 0 Å². The molecule has 0 amide bonds. The summed E-state index contributed by atoms with van der Waals surface area (Å²) >= 11 is 0. The zero-order valence-corrected chi connectivity index (χ0v) is 11.0. The van der Waals surface area contributed by atoms with Gasteiger partial charge in [-0.2, -0.15) is 13.2 Å². The van der Waals surface area contributed by atoms with E-state index in [0.29, 0.717) is 11.3 Å². The van der Waals surface area contributed by atoms with E-state index in [2.05, 4.69) is 21.9 Å². The van der Waals surface area contributed by atoms with Gasteiger partial charge in [-0.05, 0) is 18.9 Å². The molecular weight excluding hydrogens is 267 g/mol. The second-order valence-electron chi connectivity index (χ2n) is 4.53. The van der Waals surface area contributed by atoms with Gasteiger partial charge in [0.05, 0.1) is 11.3 Å². The van der Waals surface area contributed by atoms with E-state index < -0.39 is 11.7 Å². The predicted octanol–water partition coefficient (Wildman–Crippen LogP) is 2.61. The van der Waals surface area contributed by atoms with Crippen LogP contribution < -0.4 is 5.32 Å². The van der Waals surface area contributed by atoms with Crippen molar-refractivity contribution in [3.63, 3.8) is 0 Å². The number of hydrogen-bond donors (Lipinski definition) is 1. The maximum Gasteiger partial charge on any atom is 0.416 e. The van der Waals surface area contributed by atoms with Gasteiger partial charge in [-0.15, -0.1) is 0 Å². The topological polar surface area (TPSA) is 27.6 Å². The molecule has 2 rings (SSSR count). The summed E-state index contributed by atoms with van der Waals surface area (Å²) in [4.78, 5) is 5.99. The molecule has 0 spiro atoms. The number of hydrogen-bond acceptors (Lipinski definition) is 3. The molecule has 1 heterocycles. The van der Waals surface area contributed by atoms with Gasteiger partial charge >= 0.3 is 6.18 Å². The molecule has 0 aliphatic carbocycles. The highest BCUT2D eigenvalue weighted by Gasteiger charge is 2.30. The van der Waals surface area contributed by atoms with Crippen LogP contribution in [-0.4, -0.2) is 37.8 Å². The average Bonchev–Trinajstić information content (AvgIpc) is 2.45. The van der Waals surface area contributed by atoms with Gasteiger partial charge < -0.3 is 10.2 Å². The molecule has 0 atom stereocenters. The minimum absolute atomic E-state index is 0.584. The van der Waals surface area contributed by atoms with E-state index in [1.54, 1.807) is 0 Å². The lowest BCUT2D eigenvalue weighted by Gasteiger charge is -2.26. The van der Waals surface area contributed by atoms with E-state index in [9.17, 15) is 13.2 Å². The summed E-state index contributed by atoms with van der Waals surface area (Å²) in [5.74, 6) is 0. The first-order chi connectivity index (χ1) is 9.50. The third-order valence-electron chi connectivity index (χ3n) is 3.13. The van der Waals surface area contributed by atoms with E-state index in [1.807, 2.05) is 6.20 Å². The maximum atomic E-state index is 12.5. The van der Waals surface area contributed by atoms with Gasteiger partial charge in [-0.25, -0.2) is 0 Å². The summed E-state index contributed by atoms with van der Waals surface area (Å²) in [6.45, 7) is 6.95. The molecule has 1 fully saturated rings. The van der Waals surface area contributed by atoms with Crippen molar-refractivity contribution >= 4 is 12.4 Å². The number of aliphatic imine (C=N–C) groups is 1. The first-order valence-electron chi connectivity index (χ1n) is 6.31. The van der Waals surface area contributed by atoms with E-state index in [-0.39, 0.29) is 0 Å². The molecule has 1 aliphatic heterocycles. The van der Waals surface area contributed by atoms with Crippen molar-refractivity contribution in [3.05, 3.63) is 41.6 Å². The number of nitrogens with zero attached hydrogens (tertiary/aromatic N) is 2. The van der Waals surface area contributed by atoms with Crippen molar-refractivity contribution in [2.24, 2.45) is 4.99 Å². The van der Waals surface area contributed by atoms with Crippen LogP contribution in [0.4, 0.5) is 13.2 Å². The molecule has 1 aromatic rings. The van der Waals surface area contributed by atoms with Crippen molar-refractivity contribution in [3.8, 4) is 0 Å².